The SMILES string of the molecule is COc1cccc(OC)c1C(=O)N[C@@H]1C(=O)N2C(C(=O)OCc3ccccc3)=C(C)CS[C@H]12. The summed E-state index contributed by atoms with van der Waals surface area (Å²) in [6.45, 7) is 1.92. The van der Waals surface area contributed by atoms with Gasteiger partial charge in [-0.3, -0.25) is 14.5 Å². The fourth-order valence-corrected chi connectivity index (χ4v) is 5.13. The molecule has 1 fully saturated rings. The predicted octanol–water partition coefficient (Wildman–Crippen LogP) is 2.73. The first kappa shape index (κ1) is 22.7. The Morgan fingerprint density at radius 2 is 1.73 bits per heavy atom. The lowest BCUT2D eigenvalue weighted by Gasteiger charge is -2.49. The monoisotopic (exact) mass is 468 g/mol. The molecule has 0 radical (unpaired) electrons. The van der Waals surface area contributed by atoms with Gasteiger partial charge in [0.1, 0.15) is 40.8 Å². The highest BCUT2D eigenvalue weighted by Crippen LogP contribution is 2.41. The van der Waals surface area contributed by atoms with Crippen LogP contribution in [0.15, 0.2) is 59.8 Å². The van der Waals surface area contributed by atoms with E-state index in [0.717, 1.165) is 11.1 Å². The van der Waals surface area contributed by atoms with Crippen LogP contribution in [0.1, 0.15) is 22.8 Å². The van der Waals surface area contributed by atoms with Crippen molar-refractivity contribution in [1.82, 2.24) is 10.2 Å². The molecule has 2 aromatic carbocycles. The van der Waals surface area contributed by atoms with E-state index in [9.17, 15) is 14.4 Å². The third-order valence-corrected chi connectivity index (χ3v) is 6.93. The summed E-state index contributed by atoms with van der Waals surface area (Å²) in [6.07, 6.45) is 0. The second-order valence-electron chi connectivity index (χ2n) is 7.59. The highest BCUT2D eigenvalue weighted by atomic mass is 32.2. The molecule has 2 aliphatic heterocycles. The van der Waals surface area contributed by atoms with Crippen molar-refractivity contribution in [3.8, 4) is 11.5 Å². The molecular formula is C24H24N2O6S. The summed E-state index contributed by atoms with van der Waals surface area (Å²) in [5.74, 6) is -0.163. The molecule has 0 bridgehead atoms. The van der Waals surface area contributed by atoms with Crippen LogP contribution < -0.4 is 14.8 Å². The van der Waals surface area contributed by atoms with Crippen molar-refractivity contribution >= 4 is 29.5 Å². The second-order valence-corrected chi connectivity index (χ2v) is 8.69. The van der Waals surface area contributed by atoms with Crippen LogP contribution in [0, 0.1) is 0 Å². The molecule has 4 rings (SSSR count). The Morgan fingerprint density at radius 1 is 1.06 bits per heavy atom. The van der Waals surface area contributed by atoms with Gasteiger partial charge in [0.2, 0.25) is 0 Å². The number of carbonyl (C=O) groups is 3. The third-order valence-electron chi connectivity index (χ3n) is 5.51. The van der Waals surface area contributed by atoms with E-state index in [0.29, 0.717) is 17.3 Å². The Kier molecular flexibility index (Phi) is 6.60. The Hall–Kier alpha value is -3.46. The summed E-state index contributed by atoms with van der Waals surface area (Å²) in [7, 11) is 2.92. The third kappa shape index (κ3) is 4.28. The number of thioether (sulfide) groups is 1. The summed E-state index contributed by atoms with van der Waals surface area (Å²) >= 11 is 1.49. The first-order chi connectivity index (χ1) is 16.0. The molecule has 2 atom stereocenters. The fraction of sp³-hybridized carbons (Fsp3) is 0.292. The topological polar surface area (TPSA) is 94.2 Å². The molecule has 0 spiro atoms. The van der Waals surface area contributed by atoms with Crippen LogP contribution >= 0.6 is 11.8 Å². The van der Waals surface area contributed by atoms with E-state index in [4.69, 9.17) is 14.2 Å². The lowest BCUT2D eigenvalue weighted by Crippen LogP contribution is -2.70. The number of nitrogens with one attached hydrogen (secondary N) is 1. The van der Waals surface area contributed by atoms with Gasteiger partial charge < -0.3 is 19.5 Å². The Morgan fingerprint density at radius 3 is 2.36 bits per heavy atom. The van der Waals surface area contributed by atoms with Crippen LogP contribution in [0.4, 0.5) is 0 Å². The van der Waals surface area contributed by atoms with E-state index < -0.39 is 23.3 Å². The average molecular weight is 469 g/mol. The number of β-lactam (4-membered cyclic amide) rings is 1. The van der Waals surface area contributed by atoms with Crippen molar-refractivity contribution in [2.24, 2.45) is 0 Å². The molecule has 0 unspecified atom stereocenters. The lowest BCUT2D eigenvalue weighted by atomic mass is 10.0. The van der Waals surface area contributed by atoms with Crippen LogP contribution in [-0.2, 0) is 20.9 Å². The average Bonchev–Trinajstić information content (AvgIpc) is 2.85. The van der Waals surface area contributed by atoms with E-state index in [-0.39, 0.29) is 23.8 Å². The minimum Gasteiger partial charge on any atom is -0.496 e. The van der Waals surface area contributed by atoms with Gasteiger partial charge in [-0.05, 0) is 30.2 Å². The zero-order chi connectivity index (χ0) is 23.5. The number of amides is 2. The van der Waals surface area contributed by atoms with Crippen molar-refractivity contribution in [2.75, 3.05) is 20.0 Å². The number of hydrogen-bond acceptors (Lipinski definition) is 7. The molecule has 2 amide bonds. The van der Waals surface area contributed by atoms with Gasteiger partial charge in [-0.15, -0.1) is 11.8 Å². The van der Waals surface area contributed by atoms with Crippen molar-refractivity contribution in [3.63, 3.8) is 0 Å². The number of carbonyl (C=O) groups excluding carboxylic acids is 3. The van der Waals surface area contributed by atoms with Crippen LogP contribution in [0.2, 0.25) is 0 Å². The van der Waals surface area contributed by atoms with E-state index in [1.807, 2.05) is 30.3 Å². The number of fused-ring (bicyclic) bond motifs is 1. The molecule has 172 valence electrons. The molecule has 0 aromatic heterocycles. The van der Waals surface area contributed by atoms with E-state index in [1.54, 1.807) is 25.1 Å². The van der Waals surface area contributed by atoms with Gasteiger partial charge >= 0.3 is 5.97 Å². The summed E-state index contributed by atoms with van der Waals surface area (Å²) < 4.78 is 16.0. The van der Waals surface area contributed by atoms with E-state index in [2.05, 4.69) is 5.32 Å². The Balaban J connectivity index is 1.48. The van der Waals surface area contributed by atoms with Gasteiger partial charge in [-0.2, -0.15) is 0 Å². The largest absolute Gasteiger partial charge is 0.496 e. The standard InChI is InChI=1S/C24H24N2O6S/c1-14-13-33-23-19(25-21(27)18-16(30-2)10-7-11-17(18)31-3)22(28)26(23)20(14)24(29)32-12-15-8-5-4-6-9-15/h4-11,19,23H,12-13H2,1-3H3,(H,25,27)/t19-,23-/m1/s1. The van der Waals surface area contributed by atoms with Gasteiger partial charge in [-0.25, -0.2) is 4.79 Å². The Labute approximate surface area is 195 Å². The van der Waals surface area contributed by atoms with Crippen molar-refractivity contribution in [2.45, 2.75) is 24.9 Å². The number of nitrogens with zero attached hydrogens (tertiary/aromatic N) is 1. The molecule has 33 heavy (non-hydrogen) atoms. The maximum absolute atomic E-state index is 13.0. The van der Waals surface area contributed by atoms with Crippen LogP contribution in [0.25, 0.3) is 0 Å². The fourth-order valence-electron chi connectivity index (χ4n) is 3.84. The van der Waals surface area contributed by atoms with Crippen LogP contribution in [0.5, 0.6) is 11.5 Å². The molecule has 0 saturated carbocycles. The van der Waals surface area contributed by atoms with Gasteiger partial charge in [0.15, 0.2) is 0 Å². The lowest BCUT2D eigenvalue weighted by molar-refractivity contribution is -0.152. The Bertz CT molecular complexity index is 1090. The number of esters is 1. The summed E-state index contributed by atoms with van der Waals surface area (Å²) in [4.78, 5) is 40.3. The van der Waals surface area contributed by atoms with Gasteiger partial charge in [0, 0.05) is 5.75 Å². The van der Waals surface area contributed by atoms with Crippen LogP contribution in [0.3, 0.4) is 0 Å². The maximum atomic E-state index is 13.0. The minimum atomic E-state index is -0.776. The highest BCUT2D eigenvalue weighted by molar-refractivity contribution is 8.00. The zero-order valence-electron chi connectivity index (χ0n) is 18.5. The molecule has 1 saturated heterocycles. The summed E-state index contributed by atoms with van der Waals surface area (Å²) in [5.41, 5.74) is 2.08. The normalized spacial score (nSPS) is 19.4. The first-order valence-corrected chi connectivity index (χ1v) is 11.4. The molecule has 9 heteroatoms. The highest BCUT2D eigenvalue weighted by Gasteiger charge is 2.54. The number of benzene rings is 2. The molecule has 0 aliphatic carbocycles. The number of methoxy groups -OCH3 is 2. The van der Waals surface area contributed by atoms with Gasteiger partial charge in [0.05, 0.1) is 14.2 Å². The summed E-state index contributed by atoms with van der Waals surface area (Å²) in [6, 6.07) is 13.6. The van der Waals surface area contributed by atoms with E-state index >= 15 is 0 Å². The van der Waals surface area contributed by atoms with E-state index in [1.165, 1.54) is 30.9 Å². The zero-order valence-corrected chi connectivity index (χ0v) is 19.3. The van der Waals surface area contributed by atoms with Gasteiger partial charge in [0.25, 0.3) is 11.8 Å². The molecular weight excluding hydrogens is 444 g/mol. The van der Waals surface area contributed by atoms with Crippen molar-refractivity contribution in [1.29, 1.82) is 0 Å². The minimum absolute atomic E-state index is 0.115. The smallest absolute Gasteiger partial charge is 0.355 e. The molecule has 2 aromatic rings. The number of ether oxygens (including phenoxy) is 3. The molecule has 8 nitrogen and oxygen atoms in total. The predicted molar refractivity (Wildman–Crippen MR) is 123 cm³/mol. The molecule has 1 N–H and O–H groups in total. The molecule has 2 aliphatic rings. The van der Waals surface area contributed by atoms with Crippen molar-refractivity contribution < 1.29 is 28.6 Å². The number of rotatable bonds is 7. The maximum Gasteiger partial charge on any atom is 0.355 e. The quantitative estimate of drug-likeness (QED) is 0.493. The number of hydrogen-bond donors (Lipinski definition) is 1. The molecule has 2 heterocycles. The second kappa shape index (κ2) is 9.58. The summed E-state index contributed by atoms with van der Waals surface area (Å²) in [5, 5.41) is 2.38. The van der Waals surface area contributed by atoms with Crippen molar-refractivity contribution in [3.05, 3.63) is 70.9 Å². The van der Waals surface area contributed by atoms with Gasteiger partial charge in [-0.1, -0.05) is 36.4 Å². The van der Waals surface area contributed by atoms with Crippen LogP contribution in [-0.4, -0.2) is 54.1 Å². The first-order valence-electron chi connectivity index (χ1n) is 10.3.